The molecule has 0 saturated carbocycles. The number of thiophene rings is 1. The third kappa shape index (κ3) is 5.91. The number of alkyl halides is 3. The van der Waals surface area contributed by atoms with Gasteiger partial charge in [0.1, 0.15) is 33.5 Å². The third-order valence-corrected chi connectivity index (χ3v) is 8.25. The van der Waals surface area contributed by atoms with Crippen molar-refractivity contribution in [3.63, 3.8) is 0 Å². The van der Waals surface area contributed by atoms with E-state index in [2.05, 4.69) is 29.2 Å². The molecule has 0 fully saturated rings. The molecule has 9 nitrogen and oxygen atoms in total. The average Bonchev–Trinajstić information content (AvgIpc) is 3.68. The first-order chi connectivity index (χ1) is 20.8. The van der Waals surface area contributed by atoms with E-state index in [1.165, 1.54) is 12.3 Å². The number of hydrogen-bond acceptors (Lipinski definition) is 7. The number of nitrogens with two attached hydrogens (primary N) is 1. The fourth-order valence-electron chi connectivity index (χ4n) is 4.92. The number of fused-ring (bicyclic) bond motifs is 1. The summed E-state index contributed by atoms with van der Waals surface area (Å²) >= 11 is 0.664. The maximum atomic E-state index is 13.9. The lowest BCUT2D eigenvalue weighted by atomic mass is 10.0. The molecular weight excluding hydrogens is 595 g/mol. The van der Waals surface area contributed by atoms with Crippen LogP contribution in [0.15, 0.2) is 47.0 Å². The Bertz CT molecular complexity index is 1890. The Balaban J connectivity index is 1.52. The van der Waals surface area contributed by atoms with Crippen LogP contribution in [-0.4, -0.2) is 26.6 Å². The van der Waals surface area contributed by atoms with E-state index in [1.807, 2.05) is 32.0 Å². The molecule has 1 aromatic carbocycles. The van der Waals surface area contributed by atoms with Gasteiger partial charge in [-0.25, -0.2) is 4.98 Å². The molecule has 2 amide bonds. The molecule has 4 aromatic heterocycles. The summed E-state index contributed by atoms with van der Waals surface area (Å²) in [6.45, 7) is 10.2. The first kappa shape index (κ1) is 30.8. The van der Waals surface area contributed by atoms with E-state index in [1.54, 1.807) is 17.7 Å². The fraction of sp³-hybridized carbons (Fsp3) is 0.290. The Kier molecular flexibility index (Phi) is 8.25. The molecule has 230 valence electrons. The predicted octanol–water partition coefficient (Wildman–Crippen LogP) is 7.46. The highest BCUT2D eigenvalue weighted by Crippen LogP contribution is 2.44. The normalized spacial score (nSPS) is 11.8. The number of anilines is 1. The minimum atomic E-state index is -4.76. The van der Waals surface area contributed by atoms with Crippen molar-refractivity contribution in [3.8, 4) is 16.9 Å². The summed E-state index contributed by atoms with van der Waals surface area (Å²) in [6, 6.07) is 9.87. The molecule has 0 spiro atoms. The molecule has 3 N–H and O–H groups in total. The van der Waals surface area contributed by atoms with Gasteiger partial charge in [-0.3, -0.25) is 14.3 Å². The van der Waals surface area contributed by atoms with E-state index in [0.29, 0.717) is 40.6 Å². The van der Waals surface area contributed by atoms with Crippen LogP contribution in [0.3, 0.4) is 0 Å². The van der Waals surface area contributed by atoms with Crippen molar-refractivity contribution in [2.45, 2.75) is 59.9 Å². The van der Waals surface area contributed by atoms with Crippen molar-refractivity contribution in [2.24, 2.45) is 5.73 Å². The molecule has 44 heavy (non-hydrogen) atoms. The van der Waals surface area contributed by atoms with Gasteiger partial charge in [-0.2, -0.15) is 18.3 Å². The average molecular weight is 626 g/mol. The van der Waals surface area contributed by atoms with Gasteiger partial charge in [-0.15, -0.1) is 11.3 Å². The number of pyridine rings is 1. The Morgan fingerprint density at radius 1 is 1.14 bits per heavy atom. The smallest absolute Gasteiger partial charge is 0.433 e. The van der Waals surface area contributed by atoms with Crippen LogP contribution >= 0.6 is 11.3 Å². The molecule has 0 aliphatic carbocycles. The van der Waals surface area contributed by atoms with E-state index < -0.39 is 23.7 Å². The van der Waals surface area contributed by atoms with E-state index in [9.17, 15) is 22.8 Å². The van der Waals surface area contributed by atoms with Gasteiger partial charge in [0.15, 0.2) is 5.76 Å². The predicted molar refractivity (Wildman–Crippen MR) is 161 cm³/mol. The number of hydrogen-bond donors (Lipinski definition) is 2. The molecule has 5 rings (SSSR count). The number of aromatic nitrogens is 3. The van der Waals surface area contributed by atoms with Crippen LogP contribution in [0.4, 0.5) is 18.9 Å². The quantitative estimate of drug-likeness (QED) is 0.175. The van der Waals surface area contributed by atoms with Gasteiger partial charge in [0.05, 0.1) is 11.9 Å². The molecular formula is C31H30F3N5O4S. The molecule has 0 atom stereocenters. The molecule has 0 radical (unpaired) electrons. The molecule has 0 saturated heterocycles. The molecule has 0 bridgehead atoms. The monoisotopic (exact) mass is 625 g/mol. The van der Waals surface area contributed by atoms with E-state index in [0.717, 1.165) is 17.2 Å². The molecule has 5 aromatic rings. The van der Waals surface area contributed by atoms with Gasteiger partial charge in [0, 0.05) is 23.2 Å². The minimum Gasteiger partial charge on any atom is -0.485 e. The minimum absolute atomic E-state index is 0.0549. The first-order valence-corrected chi connectivity index (χ1v) is 14.6. The molecule has 0 aliphatic heterocycles. The summed E-state index contributed by atoms with van der Waals surface area (Å²) in [5.74, 6) is -0.451. The van der Waals surface area contributed by atoms with Gasteiger partial charge in [-0.05, 0) is 67.6 Å². The molecule has 4 heterocycles. The van der Waals surface area contributed by atoms with Crippen LogP contribution in [0.5, 0.6) is 5.75 Å². The lowest BCUT2D eigenvalue weighted by Gasteiger charge is -2.14. The summed E-state index contributed by atoms with van der Waals surface area (Å²) in [5.41, 5.74) is 7.57. The second-order valence-electron chi connectivity index (χ2n) is 10.6. The molecule has 0 aliphatic rings. The number of aryl methyl sites for hydroxylation is 2. The van der Waals surface area contributed by atoms with Crippen LogP contribution in [0.2, 0.25) is 0 Å². The van der Waals surface area contributed by atoms with Crippen molar-refractivity contribution < 1.29 is 31.9 Å². The summed E-state index contributed by atoms with van der Waals surface area (Å²) in [5, 5.41) is 7.05. The highest BCUT2D eigenvalue weighted by Gasteiger charge is 2.35. The number of amides is 2. The van der Waals surface area contributed by atoms with Crippen LogP contribution in [0.25, 0.3) is 21.3 Å². The standard InChI is InChI=1S/C31H30F3N5O4S/c1-6-39-17(5)21(13-36-39)20-12-24(31(32,33)34)37-30-25(20)26(27(44-30)28(35)40)38-29(41)22-10-8-18(43-22)14-42-23-11-16(4)7-9-19(23)15(2)3/h7-13,15H,6,14H2,1-5H3,(H2,35,40)(H,38,41). The van der Waals surface area contributed by atoms with Crippen molar-refractivity contribution in [1.29, 1.82) is 0 Å². The van der Waals surface area contributed by atoms with E-state index in [4.69, 9.17) is 14.9 Å². The van der Waals surface area contributed by atoms with E-state index in [-0.39, 0.29) is 44.6 Å². The van der Waals surface area contributed by atoms with Gasteiger partial charge in [0.25, 0.3) is 11.8 Å². The maximum absolute atomic E-state index is 13.9. The van der Waals surface area contributed by atoms with Crippen molar-refractivity contribution >= 4 is 39.1 Å². The number of nitrogens with one attached hydrogen (secondary N) is 1. The van der Waals surface area contributed by atoms with Crippen LogP contribution in [0, 0.1) is 13.8 Å². The lowest BCUT2D eigenvalue weighted by molar-refractivity contribution is -0.140. The van der Waals surface area contributed by atoms with Gasteiger partial charge >= 0.3 is 6.18 Å². The maximum Gasteiger partial charge on any atom is 0.433 e. The fourth-order valence-corrected chi connectivity index (χ4v) is 5.93. The number of ether oxygens (including phenoxy) is 1. The number of nitrogens with zero attached hydrogens (tertiary/aromatic N) is 3. The zero-order valence-electron chi connectivity index (χ0n) is 24.6. The number of rotatable bonds is 9. The Hall–Kier alpha value is -4.65. The van der Waals surface area contributed by atoms with Crippen LogP contribution in [0.1, 0.15) is 75.2 Å². The highest BCUT2D eigenvalue weighted by atomic mass is 32.1. The Morgan fingerprint density at radius 3 is 2.52 bits per heavy atom. The Morgan fingerprint density at radius 2 is 1.89 bits per heavy atom. The van der Waals surface area contributed by atoms with Crippen molar-refractivity contribution in [1.82, 2.24) is 14.8 Å². The summed E-state index contributed by atoms with van der Waals surface area (Å²) in [7, 11) is 0. The summed E-state index contributed by atoms with van der Waals surface area (Å²) < 4.78 is 55.0. The van der Waals surface area contributed by atoms with Gasteiger partial charge in [-0.1, -0.05) is 26.0 Å². The second-order valence-corrected chi connectivity index (χ2v) is 11.6. The number of primary amides is 1. The lowest BCUT2D eigenvalue weighted by Crippen LogP contribution is -2.16. The van der Waals surface area contributed by atoms with Crippen LogP contribution < -0.4 is 15.8 Å². The largest absolute Gasteiger partial charge is 0.485 e. The van der Waals surface area contributed by atoms with Crippen molar-refractivity contribution in [3.05, 3.63) is 81.5 Å². The van der Waals surface area contributed by atoms with Crippen molar-refractivity contribution in [2.75, 3.05) is 5.32 Å². The molecule has 13 heteroatoms. The molecule has 0 unspecified atom stereocenters. The van der Waals surface area contributed by atoms with Gasteiger partial charge < -0.3 is 20.2 Å². The summed E-state index contributed by atoms with van der Waals surface area (Å²) in [4.78, 5) is 29.4. The first-order valence-electron chi connectivity index (χ1n) is 13.8. The number of furan rings is 1. The zero-order chi connectivity index (χ0) is 31.9. The number of carbonyl (C=O) groups excluding carboxylic acids is 2. The zero-order valence-corrected chi connectivity index (χ0v) is 25.4. The third-order valence-electron chi connectivity index (χ3n) is 7.15. The highest BCUT2D eigenvalue weighted by molar-refractivity contribution is 7.21. The SMILES string of the molecule is CCn1ncc(-c2cc(C(F)(F)F)nc3sc(C(N)=O)c(NC(=O)c4ccc(COc5cc(C)ccc5C(C)C)o4)c23)c1C. The van der Waals surface area contributed by atoms with Gasteiger partial charge in [0.2, 0.25) is 0 Å². The number of carbonyl (C=O) groups is 2. The number of halogens is 3. The van der Waals surface area contributed by atoms with Crippen LogP contribution in [-0.2, 0) is 19.3 Å². The van der Waals surface area contributed by atoms with E-state index >= 15 is 0 Å². The summed E-state index contributed by atoms with van der Waals surface area (Å²) in [6.07, 6.45) is -3.32. The Labute approximate surface area is 254 Å². The second kappa shape index (κ2) is 11.8. The number of benzene rings is 1. The topological polar surface area (TPSA) is 125 Å².